The van der Waals surface area contributed by atoms with Crippen LogP contribution in [0.25, 0.3) is 0 Å². The van der Waals surface area contributed by atoms with Crippen LogP contribution < -0.4 is 10.6 Å². The summed E-state index contributed by atoms with van der Waals surface area (Å²) < 4.78 is 0. The maximum Gasteiger partial charge on any atom is 0.0111 e. The smallest absolute Gasteiger partial charge is 0.0111 e. The van der Waals surface area contributed by atoms with Gasteiger partial charge in [-0.3, -0.25) is 0 Å². The van der Waals surface area contributed by atoms with Gasteiger partial charge in [-0.05, 0) is 52.2 Å². The standard InChI is InChI=1S/C14H29N3/c1-17(2)11-10-16-13-7-4-3-6-12(13)14-8-5-9-15-14/h12-16H,3-11H2,1-2H3. The van der Waals surface area contributed by atoms with Gasteiger partial charge in [0, 0.05) is 25.2 Å². The molecular formula is C14H29N3. The summed E-state index contributed by atoms with van der Waals surface area (Å²) in [6, 6.07) is 1.56. The molecule has 2 aliphatic rings. The maximum absolute atomic E-state index is 3.80. The zero-order chi connectivity index (χ0) is 12.1. The van der Waals surface area contributed by atoms with Gasteiger partial charge in [0.15, 0.2) is 0 Å². The van der Waals surface area contributed by atoms with E-state index in [2.05, 4.69) is 29.6 Å². The van der Waals surface area contributed by atoms with E-state index in [-0.39, 0.29) is 0 Å². The van der Waals surface area contributed by atoms with E-state index in [0.29, 0.717) is 0 Å². The van der Waals surface area contributed by atoms with Gasteiger partial charge in [-0.15, -0.1) is 0 Å². The van der Waals surface area contributed by atoms with E-state index in [1.54, 1.807) is 0 Å². The van der Waals surface area contributed by atoms with Crippen LogP contribution in [-0.2, 0) is 0 Å². The fourth-order valence-electron chi connectivity index (χ4n) is 3.45. The number of nitrogens with one attached hydrogen (secondary N) is 2. The normalized spacial score (nSPS) is 34.4. The molecule has 1 aliphatic carbocycles. The van der Waals surface area contributed by atoms with Crippen molar-refractivity contribution >= 4 is 0 Å². The van der Waals surface area contributed by atoms with Crippen LogP contribution >= 0.6 is 0 Å². The maximum atomic E-state index is 3.80. The van der Waals surface area contributed by atoms with Crippen LogP contribution in [0.1, 0.15) is 38.5 Å². The predicted octanol–water partition coefficient (Wildman–Crippen LogP) is 1.45. The average molecular weight is 239 g/mol. The number of nitrogens with zero attached hydrogens (tertiary/aromatic N) is 1. The topological polar surface area (TPSA) is 27.3 Å². The molecule has 3 unspecified atom stereocenters. The Labute approximate surface area is 106 Å². The fraction of sp³-hybridized carbons (Fsp3) is 1.00. The van der Waals surface area contributed by atoms with Crippen LogP contribution in [0.3, 0.4) is 0 Å². The quantitative estimate of drug-likeness (QED) is 0.760. The van der Waals surface area contributed by atoms with Gasteiger partial charge in [0.1, 0.15) is 0 Å². The van der Waals surface area contributed by atoms with Gasteiger partial charge in [-0.1, -0.05) is 12.8 Å². The summed E-state index contributed by atoms with van der Waals surface area (Å²) in [7, 11) is 4.30. The Kier molecular flexibility index (Phi) is 5.26. The minimum Gasteiger partial charge on any atom is -0.314 e. The molecule has 3 heteroatoms. The third kappa shape index (κ3) is 3.94. The van der Waals surface area contributed by atoms with Crippen LogP contribution in [0.15, 0.2) is 0 Å². The molecule has 0 radical (unpaired) electrons. The third-order valence-electron chi connectivity index (χ3n) is 4.40. The summed E-state index contributed by atoms with van der Waals surface area (Å²) in [5.74, 6) is 0.883. The molecule has 0 spiro atoms. The molecule has 0 amide bonds. The van der Waals surface area contributed by atoms with E-state index in [4.69, 9.17) is 0 Å². The second kappa shape index (κ2) is 6.72. The molecule has 0 bridgehead atoms. The van der Waals surface area contributed by atoms with E-state index in [9.17, 15) is 0 Å². The summed E-state index contributed by atoms with van der Waals surface area (Å²) in [6.07, 6.45) is 8.45. The van der Waals surface area contributed by atoms with Crippen molar-refractivity contribution in [2.75, 3.05) is 33.7 Å². The van der Waals surface area contributed by atoms with Crippen LogP contribution in [0.2, 0.25) is 0 Å². The van der Waals surface area contributed by atoms with E-state index in [1.807, 2.05) is 0 Å². The van der Waals surface area contributed by atoms with E-state index in [1.165, 1.54) is 45.1 Å². The Bertz CT molecular complexity index is 212. The first-order chi connectivity index (χ1) is 8.27. The summed E-state index contributed by atoms with van der Waals surface area (Å²) >= 11 is 0. The number of rotatable bonds is 5. The Hall–Kier alpha value is -0.120. The van der Waals surface area contributed by atoms with Crippen molar-refractivity contribution in [2.45, 2.75) is 50.6 Å². The lowest BCUT2D eigenvalue weighted by atomic mass is 9.79. The van der Waals surface area contributed by atoms with Crippen molar-refractivity contribution in [3.8, 4) is 0 Å². The predicted molar refractivity (Wildman–Crippen MR) is 73.3 cm³/mol. The molecule has 0 aromatic heterocycles. The molecular weight excluding hydrogens is 210 g/mol. The van der Waals surface area contributed by atoms with E-state index < -0.39 is 0 Å². The molecule has 17 heavy (non-hydrogen) atoms. The first-order valence-corrected chi connectivity index (χ1v) is 7.39. The van der Waals surface area contributed by atoms with Crippen molar-refractivity contribution < 1.29 is 0 Å². The van der Waals surface area contributed by atoms with Crippen molar-refractivity contribution in [3.05, 3.63) is 0 Å². The van der Waals surface area contributed by atoms with Gasteiger partial charge in [0.25, 0.3) is 0 Å². The summed E-state index contributed by atoms with van der Waals surface area (Å²) in [6.45, 7) is 3.54. The van der Waals surface area contributed by atoms with E-state index >= 15 is 0 Å². The van der Waals surface area contributed by atoms with Crippen LogP contribution in [0.5, 0.6) is 0 Å². The van der Waals surface area contributed by atoms with Crippen molar-refractivity contribution in [1.29, 1.82) is 0 Å². The first kappa shape index (κ1) is 13.3. The summed E-state index contributed by atoms with van der Waals surface area (Å²) in [5.41, 5.74) is 0. The highest BCUT2D eigenvalue weighted by Crippen LogP contribution is 2.30. The molecule has 3 nitrogen and oxygen atoms in total. The molecule has 0 aromatic carbocycles. The summed E-state index contributed by atoms with van der Waals surface area (Å²) in [5, 5.41) is 7.50. The highest BCUT2D eigenvalue weighted by atomic mass is 15.1. The number of hydrogen-bond donors (Lipinski definition) is 2. The largest absolute Gasteiger partial charge is 0.314 e. The summed E-state index contributed by atoms with van der Waals surface area (Å²) in [4.78, 5) is 2.26. The minimum absolute atomic E-state index is 0.763. The highest BCUT2D eigenvalue weighted by Gasteiger charge is 2.32. The van der Waals surface area contributed by atoms with Crippen LogP contribution in [0, 0.1) is 5.92 Å². The zero-order valence-corrected chi connectivity index (χ0v) is 11.5. The van der Waals surface area contributed by atoms with Gasteiger partial charge in [-0.2, -0.15) is 0 Å². The fourth-order valence-corrected chi connectivity index (χ4v) is 3.45. The Balaban J connectivity index is 1.79. The number of likely N-dealkylation sites (N-methyl/N-ethyl adjacent to an activating group) is 1. The zero-order valence-electron chi connectivity index (χ0n) is 11.5. The Morgan fingerprint density at radius 1 is 1.12 bits per heavy atom. The monoisotopic (exact) mass is 239 g/mol. The Morgan fingerprint density at radius 3 is 2.65 bits per heavy atom. The minimum atomic E-state index is 0.763. The molecule has 2 rings (SSSR count). The molecule has 1 saturated heterocycles. The second-order valence-corrected chi connectivity index (χ2v) is 6.02. The van der Waals surface area contributed by atoms with Crippen molar-refractivity contribution in [2.24, 2.45) is 5.92 Å². The van der Waals surface area contributed by atoms with Gasteiger partial charge < -0.3 is 15.5 Å². The molecule has 0 aromatic rings. The average Bonchev–Trinajstić information content (AvgIpc) is 2.82. The molecule has 2 fully saturated rings. The van der Waals surface area contributed by atoms with Gasteiger partial charge in [0.05, 0.1) is 0 Å². The van der Waals surface area contributed by atoms with Gasteiger partial charge in [0.2, 0.25) is 0 Å². The molecule has 3 atom stereocenters. The lowest BCUT2D eigenvalue weighted by molar-refractivity contribution is 0.210. The van der Waals surface area contributed by atoms with Gasteiger partial charge in [-0.25, -0.2) is 0 Å². The number of hydrogen-bond acceptors (Lipinski definition) is 3. The van der Waals surface area contributed by atoms with Crippen molar-refractivity contribution in [1.82, 2.24) is 15.5 Å². The molecule has 100 valence electrons. The van der Waals surface area contributed by atoms with Crippen LogP contribution in [-0.4, -0.2) is 50.7 Å². The molecule has 1 heterocycles. The van der Waals surface area contributed by atoms with Crippen LogP contribution in [0.4, 0.5) is 0 Å². The third-order valence-corrected chi connectivity index (χ3v) is 4.40. The first-order valence-electron chi connectivity index (χ1n) is 7.39. The van der Waals surface area contributed by atoms with Crippen molar-refractivity contribution in [3.63, 3.8) is 0 Å². The lowest BCUT2D eigenvalue weighted by Gasteiger charge is -2.36. The second-order valence-electron chi connectivity index (χ2n) is 6.02. The van der Waals surface area contributed by atoms with Gasteiger partial charge >= 0.3 is 0 Å². The Morgan fingerprint density at radius 2 is 1.94 bits per heavy atom. The van der Waals surface area contributed by atoms with E-state index in [0.717, 1.165) is 31.1 Å². The molecule has 1 saturated carbocycles. The highest BCUT2D eigenvalue weighted by molar-refractivity contribution is 4.91. The molecule has 2 N–H and O–H groups in total. The lowest BCUT2D eigenvalue weighted by Crippen LogP contribution is -2.48. The molecule has 1 aliphatic heterocycles. The SMILES string of the molecule is CN(C)CCNC1CCCCC1C1CCCN1.